The molecular formula is C20H29N4O5P. The van der Waals surface area contributed by atoms with Crippen molar-refractivity contribution in [1.29, 1.82) is 0 Å². The minimum Gasteiger partial charge on any atom is -0.465 e. The molecule has 2 bridgehead atoms. The third kappa shape index (κ3) is 5.05. The van der Waals surface area contributed by atoms with Crippen molar-refractivity contribution in [1.82, 2.24) is 4.90 Å². The number of fused-ring (bicyclic) bond motifs is 2. The van der Waals surface area contributed by atoms with Crippen LogP contribution < -0.4 is 5.30 Å². The summed E-state index contributed by atoms with van der Waals surface area (Å²) in [6.45, 7) is 0.633. The van der Waals surface area contributed by atoms with Crippen molar-refractivity contribution in [3.05, 3.63) is 40.8 Å². The van der Waals surface area contributed by atoms with E-state index in [0.717, 1.165) is 12.8 Å². The van der Waals surface area contributed by atoms with Gasteiger partial charge in [-0.2, -0.15) is 0 Å². The number of azide groups is 1. The zero-order valence-electron chi connectivity index (χ0n) is 17.4. The summed E-state index contributed by atoms with van der Waals surface area (Å²) < 4.78 is 30.4. The Morgan fingerprint density at radius 1 is 1.30 bits per heavy atom. The number of nitrogens with zero attached hydrogens (tertiary/aromatic N) is 4. The van der Waals surface area contributed by atoms with E-state index in [9.17, 15) is 9.36 Å². The summed E-state index contributed by atoms with van der Waals surface area (Å²) in [7, 11) is -0.171. The van der Waals surface area contributed by atoms with Crippen molar-refractivity contribution < 1.29 is 23.1 Å². The first-order valence-electron chi connectivity index (χ1n) is 10.3. The molecule has 9 nitrogen and oxygen atoms in total. The number of hydrogen-bond donors (Lipinski definition) is 0. The molecule has 2 aliphatic heterocycles. The highest BCUT2D eigenvalue weighted by molar-refractivity contribution is 7.62. The summed E-state index contributed by atoms with van der Waals surface area (Å²) in [4.78, 5) is 17.9. The van der Waals surface area contributed by atoms with Crippen molar-refractivity contribution in [2.75, 3.05) is 27.3 Å². The van der Waals surface area contributed by atoms with E-state index < -0.39 is 19.6 Å². The smallest absolute Gasteiger partial charge is 0.361 e. The predicted octanol–water partition coefficient (Wildman–Crippen LogP) is 3.65. The zero-order valence-corrected chi connectivity index (χ0v) is 18.3. The Kier molecular flexibility index (Phi) is 7.92. The number of ether oxygens (including phenoxy) is 1. The van der Waals surface area contributed by atoms with Gasteiger partial charge >= 0.3 is 13.6 Å². The number of rotatable bonds is 10. The van der Waals surface area contributed by atoms with E-state index in [1.165, 1.54) is 7.11 Å². The van der Waals surface area contributed by atoms with E-state index in [0.29, 0.717) is 31.1 Å². The summed E-state index contributed by atoms with van der Waals surface area (Å²) in [6, 6.07) is 9.10. The van der Waals surface area contributed by atoms with Gasteiger partial charge in [0.2, 0.25) is 0 Å². The van der Waals surface area contributed by atoms with E-state index in [-0.39, 0.29) is 24.7 Å². The maximum Gasteiger partial charge on any atom is 0.361 e. The molecule has 1 aromatic rings. The Hall–Kier alpha value is -1.89. The van der Waals surface area contributed by atoms with Crippen molar-refractivity contribution in [2.45, 2.75) is 50.3 Å². The standard InChI is InChI=1S/C20H29N4O5P/c1-24-15-10-11-17(24)19(20(25)28-13-7-6-12-22-23-21)18(14-15)29-30(26,27-2)16-8-4-3-5-9-16/h3-5,8-9,15,17-19H,6-7,10-14H2,1-2H3/t15?,17?,18-,19+,30+/m0/s1. The van der Waals surface area contributed by atoms with Gasteiger partial charge < -0.3 is 13.8 Å². The Bertz CT molecular complexity index is 817. The first-order valence-corrected chi connectivity index (χ1v) is 11.8. The first kappa shape index (κ1) is 22.8. The lowest BCUT2D eigenvalue weighted by molar-refractivity contribution is -0.158. The Morgan fingerprint density at radius 2 is 2.07 bits per heavy atom. The molecule has 0 saturated carbocycles. The molecule has 0 amide bonds. The van der Waals surface area contributed by atoms with E-state index in [1.54, 1.807) is 24.3 Å². The summed E-state index contributed by atoms with van der Waals surface area (Å²) in [5.74, 6) is -0.866. The lowest BCUT2D eigenvalue weighted by Crippen LogP contribution is -2.53. The average Bonchev–Trinajstić information content (AvgIpc) is 2.99. The third-order valence-corrected chi connectivity index (χ3v) is 7.99. The number of piperidine rings is 1. The lowest BCUT2D eigenvalue weighted by atomic mass is 9.88. The van der Waals surface area contributed by atoms with Crippen LogP contribution in [0.25, 0.3) is 10.4 Å². The molecule has 2 saturated heterocycles. The molecule has 30 heavy (non-hydrogen) atoms. The second-order valence-electron chi connectivity index (χ2n) is 7.71. The fourth-order valence-electron chi connectivity index (χ4n) is 4.43. The normalized spacial score (nSPS) is 27.8. The van der Waals surface area contributed by atoms with Crippen LogP contribution in [0.2, 0.25) is 0 Å². The topological polar surface area (TPSA) is 114 Å². The fourth-order valence-corrected chi connectivity index (χ4v) is 5.96. The van der Waals surface area contributed by atoms with Crippen molar-refractivity contribution in [3.8, 4) is 0 Å². The molecule has 10 heteroatoms. The monoisotopic (exact) mass is 436 g/mol. The molecule has 2 unspecified atom stereocenters. The number of unbranched alkanes of at least 4 members (excludes halogenated alkanes) is 1. The molecule has 5 atom stereocenters. The number of carbonyl (C=O) groups is 1. The van der Waals surface area contributed by atoms with Gasteiger partial charge in [0, 0.05) is 30.6 Å². The molecule has 0 N–H and O–H groups in total. The van der Waals surface area contributed by atoms with Gasteiger partial charge in [0.15, 0.2) is 0 Å². The second-order valence-corrected chi connectivity index (χ2v) is 9.80. The minimum atomic E-state index is -3.56. The Balaban J connectivity index is 1.72. The van der Waals surface area contributed by atoms with Gasteiger partial charge in [-0.1, -0.05) is 23.3 Å². The summed E-state index contributed by atoms with van der Waals surface area (Å²) in [5.41, 5.74) is 8.31. The van der Waals surface area contributed by atoms with Crippen molar-refractivity contribution in [2.24, 2.45) is 11.0 Å². The van der Waals surface area contributed by atoms with Crippen LogP contribution in [0.15, 0.2) is 35.4 Å². The van der Waals surface area contributed by atoms with Crippen LogP contribution >= 0.6 is 7.60 Å². The Morgan fingerprint density at radius 3 is 2.77 bits per heavy atom. The van der Waals surface area contributed by atoms with E-state index in [1.807, 2.05) is 13.1 Å². The lowest BCUT2D eigenvalue weighted by Gasteiger charge is -2.42. The molecule has 0 radical (unpaired) electrons. The molecule has 3 rings (SSSR count). The molecule has 0 aliphatic carbocycles. The van der Waals surface area contributed by atoms with Crippen molar-refractivity contribution >= 4 is 18.9 Å². The SMILES string of the molecule is CO[P@@](=O)(O[C@H]1CC2CCC([C@H]1C(=O)OCCCCN=[N+]=[N-])N2C)c1ccccc1. The summed E-state index contributed by atoms with van der Waals surface area (Å²) >= 11 is 0. The average molecular weight is 436 g/mol. The number of esters is 1. The number of hydrogen-bond acceptors (Lipinski definition) is 7. The largest absolute Gasteiger partial charge is 0.465 e. The molecule has 2 heterocycles. The van der Waals surface area contributed by atoms with Crippen LogP contribution in [0.1, 0.15) is 32.1 Å². The summed E-state index contributed by atoms with van der Waals surface area (Å²) in [5, 5.41) is 3.95. The van der Waals surface area contributed by atoms with Crippen LogP contribution in [-0.4, -0.2) is 56.4 Å². The molecule has 0 aromatic heterocycles. The fraction of sp³-hybridized carbons (Fsp3) is 0.650. The minimum absolute atomic E-state index is 0.00878. The highest BCUT2D eigenvalue weighted by atomic mass is 31.2. The van der Waals surface area contributed by atoms with Crippen LogP contribution in [-0.2, 0) is 23.1 Å². The second kappa shape index (κ2) is 10.4. The number of benzene rings is 1. The summed E-state index contributed by atoms with van der Waals surface area (Å²) in [6.07, 6.45) is 3.18. The van der Waals surface area contributed by atoms with Gasteiger partial charge in [-0.05, 0) is 56.8 Å². The molecule has 1 aromatic carbocycles. The number of carbonyl (C=O) groups excluding carboxylic acids is 1. The molecular weight excluding hydrogens is 407 g/mol. The molecule has 164 valence electrons. The van der Waals surface area contributed by atoms with Gasteiger partial charge in [0.05, 0.1) is 23.9 Å². The quantitative estimate of drug-likeness (QED) is 0.138. The van der Waals surface area contributed by atoms with Gasteiger partial charge in [0.1, 0.15) is 0 Å². The molecule has 2 aliphatic rings. The van der Waals surface area contributed by atoms with Gasteiger partial charge in [-0.25, -0.2) is 0 Å². The maximum absolute atomic E-state index is 13.4. The third-order valence-electron chi connectivity index (χ3n) is 6.03. The first-order chi connectivity index (χ1) is 14.5. The van der Waals surface area contributed by atoms with Crippen molar-refractivity contribution in [3.63, 3.8) is 0 Å². The highest BCUT2D eigenvalue weighted by Crippen LogP contribution is 2.52. The Labute approximate surface area is 176 Å². The zero-order chi connectivity index (χ0) is 21.6. The van der Waals surface area contributed by atoms with Crippen LogP contribution in [0.4, 0.5) is 0 Å². The van der Waals surface area contributed by atoms with E-state index >= 15 is 0 Å². The van der Waals surface area contributed by atoms with E-state index in [4.69, 9.17) is 19.3 Å². The van der Waals surface area contributed by atoms with Gasteiger partial charge in [-0.3, -0.25) is 14.3 Å². The van der Waals surface area contributed by atoms with Crippen LogP contribution in [0.5, 0.6) is 0 Å². The van der Waals surface area contributed by atoms with Gasteiger partial charge in [0.25, 0.3) is 0 Å². The van der Waals surface area contributed by atoms with Crippen LogP contribution in [0.3, 0.4) is 0 Å². The maximum atomic E-state index is 13.4. The predicted molar refractivity (Wildman–Crippen MR) is 112 cm³/mol. The molecule has 0 spiro atoms. The highest BCUT2D eigenvalue weighted by Gasteiger charge is 2.52. The van der Waals surface area contributed by atoms with E-state index in [2.05, 4.69) is 14.9 Å². The van der Waals surface area contributed by atoms with Crippen LogP contribution in [0, 0.1) is 5.92 Å². The van der Waals surface area contributed by atoms with Gasteiger partial charge in [-0.15, -0.1) is 0 Å². The molecule has 2 fully saturated rings.